The molecule has 8 aromatic carbocycles. The average molecular weight is 1400 g/mol. The van der Waals surface area contributed by atoms with E-state index in [0.29, 0.717) is 84.8 Å². The van der Waals surface area contributed by atoms with Crippen LogP contribution in [0, 0.1) is 13.8 Å². The number of hydrogen-bond donors (Lipinski definition) is 5. The van der Waals surface area contributed by atoms with Crippen molar-refractivity contribution < 1.29 is 80.9 Å². The lowest BCUT2D eigenvalue weighted by Gasteiger charge is -2.37. The van der Waals surface area contributed by atoms with Crippen LogP contribution in [-0.4, -0.2) is 107 Å². The predicted molar refractivity (Wildman–Crippen MR) is 391 cm³/mol. The van der Waals surface area contributed by atoms with E-state index in [4.69, 9.17) is 52.1 Å². The summed E-state index contributed by atoms with van der Waals surface area (Å²) in [7, 11) is 4.81. The zero-order valence-electron chi connectivity index (χ0n) is 60.0. The Morgan fingerprint density at radius 3 is 1.96 bits per heavy atom. The third-order valence-electron chi connectivity index (χ3n) is 15.9. The van der Waals surface area contributed by atoms with Crippen LogP contribution in [0.15, 0.2) is 188 Å². The van der Waals surface area contributed by atoms with Gasteiger partial charge >= 0.3 is 30.4 Å². The van der Waals surface area contributed by atoms with Crippen LogP contribution in [0.2, 0.25) is 0 Å². The smallest absolute Gasteiger partial charge is 0.495 e. The number of carbonyl (C=O) groups excluding carboxylic acids is 6. The largest absolute Gasteiger partial charge is 0.513 e. The molecular weight excluding hydrogens is 1300 g/mol. The second-order valence-electron chi connectivity index (χ2n) is 24.4. The van der Waals surface area contributed by atoms with Crippen molar-refractivity contribution >= 4 is 58.3 Å². The van der Waals surface area contributed by atoms with Gasteiger partial charge in [-0.15, -0.1) is 0 Å². The third kappa shape index (κ3) is 23.4. The summed E-state index contributed by atoms with van der Waals surface area (Å²) in [4.78, 5) is 70.1. The fraction of sp³-hybridized carbons (Fsp3) is 0.325. The first-order chi connectivity index (χ1) is 49.1. The highest BCUT2D eigenvalue weighted by Gasteiger charge is 2.50. The highest BCUT2D eigenvalue weighted by molar-refractivity contribution is 6.24. The maximum Gasteiger partial charge on any atom is 0.513 e. The van der Waals surface area contributed by atoms with Crippen LogP contribution >= 0.6 is 0 Å². The van der Waals surface area contributed by atoms with Crippen molar-refractivity contribution in [3.63, 3.8) is 0 Å². The lowest BCUT2D eigenvalue weighted by Crippen LogP contribution is -2.49. The van der Waals surface area contributed by atoms with E-state index in [9.17, 15) is 28.8 Å². The van der Waals surface area contributed by atoms with Crippen molar-refractivity contribution in [1.82, 2.24) is 21.4 Å². The van der Waals surface area contributed by atoms with Gasteiger partial charge in [0.25, 0.3) is 5.91 Å². The lowest BCUT2D eigenvalue weighted by atomic mass is 9.79. The van der Waals surface area contributed by atoms with E-state index in [1.165, 1.54) is 7.05 Å². The molecule has 3 aliphatic rings. The molecule has 540 valence electrons. The Balaban J connectivity index is 0.000000181. The maximum absolute atomic E-state index is 13.0. The second kappa shape index (κ2) is 38.9. The molecule has 1 aliphatic carbocycles. The SMILES string of the molecule is CCC(=O)Oc1cccc2c1OC(C)(C)C2.CCOC(=O)NCCOc1ccc(Oc2ccccc2)cc1.CCOC(=O)OC1=C(c2cc(C)ccc2C)C(=O)NC12CCC(OC)CC2.CNC(=O)Oc1cccc2ccccc12.COc1ccc(-c2ccccc2)cc1NNC(=O)OC(C)C. The molecule has 102 heavy (non-hydrogen) atoms. The van der Waals surface area contributed by atoms with Gasteiger partial charge in [0.15, 0.2) is 11.5 Å². The Kier molecular flexibility index (Phi) is 29.8. The first-order valence-corrected chi connectivity index (χ1v) is 33.8. The average Bonchev–Trinajstić information content (AvgIpc) is 1.59. The van der Waals surface area contributed by atoms with Crippen molar-refractivity contribution in [2.45, 2.75) is 124 Å². The molecule has 11 rings (SSSR count). The maximum atomic E-state index is 13.0. The number of rotatable bonds is 19. The highest BCUT2D eigenvalue weighted by Crippen LogP contribution is 2.45. The zero-order chi connectivity index (χ0) is 73.6. The Bertz CT molecular complexity index is 4090. The number of alkyl carbamates (subject to hydrolysis) is 1. The molecule has 4 amide bonds. The van der Waals surface area contributed by atoms with Crippen LogP contribution < -0.4 is 55.2 Å². The molecule has 1 fully saturated rings. The first-order valence-electron chi connectivity index (χ1n) is 33.8. The monoisotopic (exact) mass is 1400 g/mol. The summed E-state index contributed by atoms with van der Waals surface area (Å²) in [6, 6.07) is 57.5. The normalized spacial score (nSPS) is 15.0. The lowest BCUT2D eigenvalue weighted by molar-refractivity contribution is -0.134. The van der Waals surface area contributed by atoms with Crippen molar-refractivity contribution in [3.8, 4) is 51.4 Å². The minimum Gasteiger partial charge on any atom is -0.495 e. The number of hydrogen-bond acceptors (Lipinski definition) is 18. The molecule has 1 spiro atoms. The number of methoxy groups -OCH3 is 2. The fourth-order valence-electron chi connectivity index (χ4n) is 11.0. The number of carbonyl (C=O) groups is 6. The molecule has 22 nitrogen and oxygen atoms in total. The van der Waals surface area contributed by atoms with E-state index in [1.54, 1.807) is 61.0 Å². The van der Waals surface area contributed by atoms with Crippen LogP contribution in [0.1, 0.15) is 103 Å². The summed E-state index contributed by atoms with van der Waals surface area (Å²) in [5, 5.41) is 10.1. The van der Waals surface area contributed by atoms with E-state index >= 15 is 0 Å². The number of aryl methyl sites for hydroxylation is 2. The molecule has 22 heteroatoms. The highest BCUT2D eigenvalue weighted by atomic mass is 16.7. The summed E-state index contributed by atoms with van der Waals surface area (Å²) in [5.74, 6) is 4.64. The molecule has 0 unspecified atom stereocenters. The van der Waals surface area contributed by atoms with E-state index < -0.39 is 30.0 Å². The summed E-state index contributed by atoms with van der Waals surface area (Å²) >= 11 is 0. The number of anilines is 1. The Labute approximate surface area is 596 Å². The van der Waals surface area contributed by atoms with E-state index in [2.05, 4.69) is 26.8 Å². The summed E-state index contributed by atoms with van der Waals surface area (Å²) in [6.07, 6.45) is 1.86. The van der Waals surface area contributed by atoms with Crippen LogP contribution in [0.3, 0.4) is 0 Å². The molecular formula is C80H93N5O17. The van der Waals surface area contributed by atoms with Gasteiger partial charge < -0.3 is 68.1 Å². The minimum absolute atomic E-state index is 0.154. The number of nitrogens with one attached hydrogen (secondary N) is 5. The molecule has 2 aliphatic heterocycles. The Morgan fingerprint density at radius 2 is 1.29 bits per heavy atom. The molecule has 0 aromatic heterocycles. The number of para-hydroxylation sites is 2. The zero-order valence-corrected chi connectivity index (χ0v) is 60.0. The van der Waals surface area contributed by atoms with Crippen molar-refractivity contribution in [2.24, 2.45) is 0 Å². The quantitative estimate of drug-likeness (QED) is 0.0166. The van der Waals surface area contributed by atoms with Gasteiger partial charge in [0.2, 0.25) is 0 Å². The standard InChI is InChI=1S/C21H27NO5.C17H20N2O3.C17H19NO4.C13H16O3.C12H11NO2/c1-5-26-20(24)27-18-17(16-12-13(2)6-7-14(16)3)19(23)22-21(18)10-8-15(25-4)9-11-21;1-12(2)22-17(20)19-18-15-11-14(9-10-16(15)21-3)13-7-5-4-6-8-13;1-2-20-17(19)18-12-13-21-14-8-10-16(11-9-14)22-15-6-4-3-5-7-15;1-4-11(14)15-10-7-5-6-9-8-13(2,3)16-12(9)10;1-13-12(14)15-11-8-4-6-9-5-2-3-7-10(9)11/h6-7,12,15H,5,8-11H2,1-4H3,(H,22,23);4-12,18H,1-3H3,(H,19,20);3-11H,2,12-13H2,1H3,(H,18,19);5-7H,4,8H2,1-3H3;2-8H,1H3,(H,13,14). The van der Waals surface area contributed by atoms with Crippen LogP contribution in [-0.2, 0) is 39.7 Å². The van der Waals surface area contributed by atoms with E-state index in [-0.39, 0.29) is 36.3 Å². The van der Waals surface area contributed by atoms with Gasteiger partial charge in [-0.1, -0.05) is 134 Å². The molecule has 0 saturated heterocycles. The molecule has 1 saturated carbocycles. The molecule has 0 radical (unpaired) electrons. The number of fused-ring (bicyclic) bond motifs is 2. The van der Waals surface area contributed by atoms with Gasteiger partial charge in [0.05, 0.1) is 55.9 Å². The summed E-state index contributed by atoms with van der Waals surface area (Å²) < 4.78 is 58.5. The van der Waals surface area contributed by atoms with Crippen molar-refractivity contribution in [2.75, 3.05) is 53.1 Å². The first kappa shape index (κ1) is 78.1. The van der Waals surface area contributed by atoms with Gasteiger partial charge in [0, 0.05) is 37.9 Å². The minimum atomic E-state index is -0.778. The molecule has 8 aromatic rings. The van der Waals surface area contributed by atoms with E-state index in [1.807, 2.05) is 198 Å². The topological polar surface area (TPSA) is 264 Å². The molecule has 0 atom stereocenters. The number of esters is 1. The molecule has 0 bridgehead atoms. The van der Waals surface area contributed by atoms with Gasteiger partial charge in [-0.05, 0) is 169 Å². The molecule has 5 N–H and O–H groups in total. The van der Waals surface area contributed by atoms with E-state index in [0.717, 1.165) is 74.9 Å². The van der Waals surface area contributed by atoms with Crippen LogP contribution in [0.5, 0.6) is 40.2 Å². The number of amides is 4. The van der Waals surface area contributed by atoms with Crippen molar-refractivity contribution in [1.29, 1.82) is 0 Å². The van der Waals surface area contributed by atoms with Gasteiger partial charge in [-0.2, -0.15) is 0 Å². The number of ether oxygens (including phenoxy) is 11. The van der Waals surface area contributed by atoms with Gasteiger partial charge in [-0.25, -0.2) is 24.6 Å². The Morgan fingerprint density at radius 1 is 0.647 bits per heavy atom. The van der Waals surface area contributed by atoms with Crippen LogP contribution in [0.25, 0.3) is 27.5 Å². The van der Waals surface area contributed by atoms with Gasteiger partial charge in [0.1, 0.15) is 46.7 Å². The summed E-state index contributed by atoms with van der Waals surface area (Å²) in [6.45, 7) is 18.1. The Hall–Kier alpha value is -11.3. The van der Waals surface area contributed by atoms with Crippen LogP contribution in [0.4, 0.5) is 24.9 Å². The fourth-order valence-corrected chi connectivity index (χ4v) is 11.0. The van der Waals surface area contributed by atoms with Gasteiger partial charge in [-0.3, -0.25) is 15.0 Å². The van der Waals surface area contributed by atoms with Crippen molar-refractivity contribution in [3.05, 3.63) is 210 Å². The predicted octanol–water partition coefficient (Wildman–Crippen LogP) is 16.3. The number of hydrazine groups is 1. The second-order valence-corrected chi connectivity index (χ2v) is 24.4. The molecule has 2 heterocycles. The third-order valence-corrected chi connectivity index (χ3v) is 15.9. The number of benzene rings is 8. The summed E-state index contributed by atoms with van der Waals surface area (Å²) in [5.41, 5.74) is 11.5.